The normalized spacial score (nSPS) is 16.8. The second kappa shape index (κ2) is 9.58. The Hall–Kier alpha value is -2.82. The lowest BCUT2D eigenvalue weighted by Gasteiger charge is -2.38. The van der Waals surface area contributed by atoms with Gasteiger partial charge in [-0.3, -0.25) is 4.90 Å². The van der Waals surface area contributed by atoms with Gasteiger partial charge in [-0.05, 0) is 38.3 Å². The SMILES string of the molecule is CC(C)(C)OC(=O)N1CCN(c2nc(Cl)c(C#N)c3c2CCN(Cc2ccccc2)C3)CC1. The fourth-order valence-electron chi connectivity index (χ4n) is 4.42. The van der Waals surface area contributed by atoms with E-state index in [0.717, 1.165) is 36.5 Å². The van der Waals surface area contributed by atoms with Crippen molar-refractivity contribution in [2.75, 3.05) is 37.6 Å². The van der Waals surface area contributed by atoms with Crippen LogP contribution >= 0.6 is 11.6 Å². The number of halogens is 1. The number of nitrogens with zero attached hydrogens (tertiary/aromatic N) is 5. The molecule has 1 fully saturated rings. The van der Waals surface area contributed by atoms with E-state index in [1.54, 1.807) is 4.90 Å². The third kappa shape index (κ3) is 5.40. The first-order valence-electron chi connectivity index (χ1n) is 11.4. The van der Waals surface area contributed by atoms with Crippen LogP contribution in [0.4, 0.5) is 10.6 Å². The van der Waals surface area contributed by atoms with Crippen LogP contribution in [0, 0.1) is 11.3 Å². The first kappa shape index (κ1) is 23.3. The molecule has 3 heterocycles. The van der Waals surface area contributed by atoms with E-state index < -0.39 is 5.60 Å². The van der Waals surface area contributed by atoms with Gasteiger partial charge in [0.05, 0.1) is 5.56 Å². The number of carbonyl (C=O) groups excluding carboxylic acids is 1. The average Bonchev–Trinajstić information content (AvgIpc) is 2.78. The Kier molecular flexibility index (Phi) is 6.78. The van der Waals surface area contributed by atoms with Gasteiger partial charge in [-0.1, -0.05) is 41.9 Å². The number of amides is 1. The summed E-state index contributed by atoms with van der Waals surface area (Å²) in [6, 6.07) is 12.6. The van der Waals surface area contributed by atoms with E-state index in [1.807, 2.05) is 39.0 Å². The molecule has 0 radical (unpaired) electrons. The van der Waals surface area contributed by atoms with Crippen molar-refractivity contribution in [1.82, 2.24) is 14.8 Å². The highest BCUT2D eigenvalue weighted by Gasteiger charge is 2.31. The molecule has 174 valence electrons. The van der Waals surface area contributed by atoms with Gasteiger partial charge in [0.25, 0.3) is 0 Å². The highest BCUT2D eigenvalue weighted by atomic mass is 35.5. The molecule has 4 rings (SSSR count). The van der Waals surface area contributed by atoms with E-state index in [1.165, 1.54) is 5.56 Å². The molecule has 7 nitrogen and oxygen atoms in total. The number of piperazine rings is 1. The maximum absolute atomic E-state index is 12.4. The van der Waals surface area contributed by atoms with Crippen molar-refractivity contribution in [3.63, 3.8) is 0 Å². The summed E-state index contributed by atoms with van der Waals surface area (Å²) >= 11 is 6.48. The van der Waals surface area contributed by atoms with E-state index in [9.17, 15) is 10.1 Å². The van der Waals surface area contributed by atoms with Crippen molar-refractivity contribution >= 4 is 23.5 Å². The van der Waals surface area contributed by atoms with E-state index in [0.29, 0.717) is 38.3 Å². The van der Waals surface area contributed by atoms with Crippen LogP contribution in [0.15, 0.2) is 30.3 Å². The molecule has 2 aliphatic heterocycles. The monoisotopic (exact) mass is 467 g/mol. The van der Waals surface area contributed by atoms with Crippen LogP contribution in [0.2, 0.25) is 5.15 Å². The Labute approximate surface area is 200 Å². The summed E-state index contributed by atoms with van der Waals surface area (Å²) in [6.07, 6.45) is 0.523. The number of aromatic nitrogens is 1. The minimum atomic E-state index is -0.513. The van der Waals surface area contributed by atoms with Crippen LogP contribution in [0.25, 0.3) is 0 Å². The zero-order chi connectivity index (χ0) is 23.6. The Morgan fingerprint density at radius 2 is 1.82 bits per heavy atom. The first-order chi connectivity index (χ1) is 15.7. The van der Waals surface area contributed by atoms with Crippen molar-refractivity contribution in [3.8, 4) is 6.07 Å². The number of hydrogen-bond acceptors (Lipinski definition) is 6. The van der Waals surface area contributed by atoms with Crippen molar-refractivity contribution in [1.29, 1.82) is 5.26 Å². The Balaban J connectivity index is 1.52. The molecule has 1 amide bonds. The molecule has 2 aliphatic rings. The first-order valence-corrected chi connectivity index (χ1v) is 11.7. The second-order valence-electron chi connectivity index (χ2n) is 9.57. The third-order valence-corrected chi connectivity index (χ3v) is 6.27. The van der Waals surface area contributed by atoms with Crippen molar-refractivity contribution in [2.24, 2.45) is 0 Å². The summed E-state index contributed by atoms with van der Waals surface area (Å²) in [5.41, 5.74) is 3.29. The minimum absolute atomic E-state index is 0.252. The number of hydrogen-bond donors (Lipinski definition) is 0. The van der Waals surface area contributed by atoms with E-state index >= 15 is 0 Å². The average molecular weight is 468 g/mol. The molecule has 0 N–H and O–H groups in total. The van der Waals surface area contributed by atoms with Crippen LogP contribution in [-0.4, -0.2) is 59.2 Å². The number of nitriles is 1. The molecule has 0 bridgehead atoms. The Morgan fingerprint density at radius 1 is 1.12 bits per heavy atom. The quantitative estimate of drug-likeness (QED) is 0.629. The second-order valence-corrected chi connectivity index (χ2v) is 9.93. The number of rotatable bonds is 3. The van der Waals surface area contributed by atoms with E-state index in [4.69, 9.17) is 16.3 Å². The fraction of sp³-hybridized carbons (Fsp3) is 0.480. The molecule has 2 aromatic rings. The zero-order valence-corrected chi connectivity index (χ0v) is 20.2. The molecule has 1 saturated heterocycles. The van der Waals surface area contributed by atoms with Crippen molar-refractivity contribution < 1.29 is 9.53 Å². The Bertz CT molecular complexity index is 1050. The van der Waals surface area contributed by atoms with Crippen molar-refractivity contribution in [2.45, 2.75) is 45.9 Å². The molecule has 0 aliphatic carbocycles. The molecule has 0 saturated carbocycles. The molecular weight excluding hydrogens is 438 g/mol. The number of carbonyl (C=O) groups is 1. The minimum Gasteiger partial charge on any atom is -0.444 e. The predicted octanol–water partition coefficient (Wildman–Crippen LogP) is 4.22. The highest BCUT2D eigenvalue weighted by molar-refractivity contribution is 6.30. The summed E-state index contributed by atoms with van der Waals surface area (Å²) in [4.78, 5) is 23.3. The van der Waals surface area contributed by atoms with Gasteiger partial charge >= 0.3 is 6.09 Å². The van der Waals surface area contributed by atoms with Crippen LogP contribution in [-0.2, 0) is 24.2 Å². The molecule has 0 spiro atoms. The molecule has 8 heteroatoms. The molecule has 0 atom stereocenters. The van der Waals surface area contributed by atoms with Gasteiger partial charge in [-0.2, -0.15) is 5.26 Å². The lowest BCUT2D eigenvalue weighted by atomic mass is 9.95. The number of fused-ring (bicyclic) bond motifs is 1. The summed E-state index contributed by atoms with van der Waals surface area (Å²) < 4.78 is 5.51. The van der Waals surface area contributed by atoms with Gasteiger partial charge in [0.15, 0.2) is 0 Å². The van der Waals surface area contributed by atoms with Crippen LogP contribution in [0.3, 0.4) is 0 Å². The summed E-state index contributed by atoms with van der Waals surface area (Å²) in [7, 11) is 0. The van der Waals surface area contributed by atoms with Crippen LogP contribution < -0.4 is 4.90 Å². The number of benzene rings is 1. The van der Waals surface area contributed by atoms with Crippen LogP contribution in [0.5, 0.6) is 0 Å². The standard InChI is InChI=1S/C25H30ClN5O2/c1-25(2,3)33-24(32)31-13-11-30(12-14-31)23-19-9-10-29(16-18-7-5-4-6-8-18)17-21(19)20(15-27)22(26)28-23/h4-8H,9-14,16-17H2,1-3H3. The van der Waals surface area contributed by atoms with Gasteiger partial charge < -0.3 is 14.5 Å². The predicted molar refractivity (Wildman–Crippen MR) is 128 cm³/mol. The van der Waals surface area contributed by atoms with Crippen LogP contribution in [0.1, 0.15) is 43.0 Å². The van der Waals surface area contributed by atoms with E-state index in [-0.39, 0.29) is 11.2 Å². The molecular formula is C25H30ClN5O2. The largest absolute Gasteiger partial charge is 0.444 e. The maximum Gasteiger partial charge on any atom is 0.410 e. The topological polar surface area (TPSA) is 72.7 Å². The summed E-state index contributed by atoms with van der Waals surface area (Å²) in [5, 5.41) is 10.0. The van der Waals surface area contributed by atoms with Gasteiger partial charge in [0.1, 0.15) is 22.6 Å². The smallest absolute Gasteiger partial charge is 0.410 e. The summed E-state index contributed by atoms with van der Waals surface area (Å²) in [5.74, 6) is 0.845. The lowest BCUT2D eigenvalue weighted by molar-refractivity contribution is 0.0240. The van der Waals surface area contributed by atoms with Gasteiger partial charge in [0.2, 0.25) is 0 Å². The third-order valence-electron chi connectivity index (χ3n) is 6.00. The van der Waals surface area contributed by atoms with Gasteiger partial charge in [-0.15, -0.1) is 0 Å². The molecule has 1 aromatic heterocycles. The Morgan fingerprint density at radius 3 is 2.45 bits per heavy atom. The number of pyridine rings is 1. The van der Waals surface area contributed by atoms with Gasteiger partial charge in [0, 0.05) is 51.4 Å². The maximum atomic E-state index is 12.4. The van der Waals surface area contributed by atoms with Crippen molar-refractivity contribution in [3.05, 3.63) is 57.7 Å². The van der Waals surface area contributed by atoms with Gasteiger partial charge in [-0.25, -0.2) is 9.78 Å². The fourth-order valence-corrected chi connectivity index (χ4v) is 4.65. The lowest BCUT2D eigenvalue weighted by Crippen LogP contribution is -2.50. The molecule has 33 heavy (non-hydrogen) atoms. The molecule has 1 aromatic carbocycles. The zero-order valence-electron chi connectivity index (χ0n) is 19.5. The number of anilines is 1. The summed E-state index contributed by atoms with van der Waals surface area (Å²) in [6.45, 7) is 10.4. The number of ether oxygens (including phenoxy) is 1. The van der Waals surface area contributed by atoms with E-state index in [2.05, 4.69) is 33.0 Å². The molecule has 0 unspecified atom stereocenters. The highest BCUT2D eigenvalue weighted by Crippen LogP contribution is 2.34.